The van der Waals surface area contributed by atoms with Gasteiger partial charge in [0, 0.05) is 19.7 Å². The number of fused-ring (bicyclic) bond motifs is 1. The topological polar surface area (TPSA) is 50.1 Å². The molecule has 0 bridgehead atoms. The molecule has 3 rings (SSSR count). The molecule has 1 aromatic heterocycles. The summed E-state index contributed by atoms with van der Waals surface area (Å²) >= 11 is 0. The van der Waals surface area contributed by atoms with E-state index in [9.17, 15) is 5.11 Å². The Hall–Kier alpha value is -1.39. The fraction of sp³-hybridized carbons (Fsp3) is 0.562. The van der Waals surface area contributed by atoms with Crippen molar-refractivity contribution in [3.8, 4) is 0 Å². The normalized spacial score (nSPS) is 18.4. The van der Waals surface area contributed by atoms with Crippen molar-refractivity contribution < 1.29 is 5.11 Å². The zero-order valence-electron chi connectivity index (χ0n) is 12.2. The highest BCUT2D eigenvalue weighted by molar-refractivity contribution is 5.75. The number of aliphatic hydroxyl groups excluding tert-OH is 1. The molecule has 1 fully saturated rings. The van der Waals surface area contributed by atoms with Crippen LogP contribution in [0.1, 0.15) is 38.1 Å². The largest absolute Gasteiger partial charge is 0.396 e. The molecule has 2 aromatic rings. The van der Waals surface area contributed by atoms with Gasteiger partial charge in [-0.2, -0.15) is 0 Å². The van der Waals surface area contributed by atoms with E-state index in [1.54, 1.807) is 0 Å². The van der Waals surface area contributed by atoms with Crippen LogP contribution in [-0.2, 0) is 7.05 Å². The van der Waals surface area contributed by atoms with E-state index < -0.39 is 0 Å². The molecular weight excluding hydrogens is 250 g/mol. The quantitative estimate of drug-likeness (QED) is 0.849. The Kier molecular flexibility index (Phi) is 3.76. The molecular formula is C16H23N3O. The van der Waals surface area contributed by atoms with Crippen LogP contribution in [0.5, 0.6) is 0 Å². The predicted octanol–water partition coefficient (Wildman–Crippen LogP) is 2.38. The van der Waals surface area contributed by atoms with Crippen LogP contribution in [0.25, 0.3) is 11.0 Å². The average molecular weight is 273 g/mol. The molecule has 2 unspecified atom stereocenters. The number of aryl methyl sites for hydroxylation is 1. The molecule has 1 aliphatic rings. The molecule has 1 aliphatic carbocycles. The van der Waals surface area contributed by atoms with Gasteiger partial charge in [0.1, 0.15) is 5.82 Å². The Balaban J connectivity index is 1.80. The summed E-state index contributed by atoms with van der Waals surface area (Å²) in [5.41, 5.74) is 2.21. The molecule has 1 aromatic carbocycles. The van der Waals surface area contributed by atoms with E-state index in [-0.39, 0.29) is 12.6 Å². The number of benzene rings is 1. The first-order chi connectivity index (χ1) is 9.70. The monoisotopic (exact) mass is 273 g/mol. The highest BCUT2D eigenvalue weighted by atomic mass is 16.3. The van der Waals surface area contributed by atoms with Crippen molar-refractivity contribution in [3.63, 3.8) is 0 Å². The van der Waals surface area contributed by atoms with E-state index in [0.717, 1.165) is 23.7 Å². The highest BCUT2D eigenvalue weighted by Gasteiger charge is 2.32. The molecule has 108 valence electrons. The third kappa shape index (κ3) is 2.58. The molecule has 0 aliphatic heterocycles. The van der Waals surface area contributed by atoms with Crippen molar-refractivity contribution in [2.75, 3.05) is 6.61 Å². The fourth-order valence-corrected chi connectivity index (χ4v) is 3.04. The summed E-state index contributed by atoms with van der Waals surface area (Å²) in [5.74, 6) is 1.80. The van der Waals surface area contributed by atoms with Crippen molar-refractivity contribution in [3.05, 3.63) is 30.1 Å². The Morgan fingerprint density at radius 2 is 2.15 bits per heavy atom. The van der Waals surface area contributed by atoms with Gasteiger partial charge in [0.2, 0.25) is 0 Å². The van der Waals surface area contributed by atoms with E-state index in [2.05, 4.69) is 36.0 Å². The molecule has 4 nitrogen and oxygen atoms in total. The van der Waals surface area contributed by atoms with Gasteiger partial charge in [0.05, 0.1) is 17.1 Å². The molecule has 0 spiro atoms. The third-order valence-electron chi connectivity index (χ3n) is 4.30. The van der Waals surface area contributed by atoms with Crippen LogP contribution in [0, 0.1) is 5.92 Å². The number of aliphatic hydroxyl groups is 1. The molecule has 0 amide bonds. The second-order valence-corrected chi connectivity index (χ2v) is 5.86. The van der Waals surface area contributed by atoms with Gasteiger partial charge in [-0.1, -0.05) is 12.1 Å². The number of nitrogens with zero attached hydrogens (tertiary/aromatic N) is 2. The summed E-state index contributed by atoms with van der Waals surface area (Å²) in [7, 11) is 2.07. The van der Waals surface area contributed by atoms with Gasteiger partial charge in [-0.05, 0) is 44.2 Å². The summed E-state index contributed by atoms with van der Waals surface area (Å²) in [6.07, 6.45) is 3.40. The lowest BCUT2D eigenvalue weighted by Crippen LogP contribution is -2.35. The smallest absolute Gasteiger partial charge is 0.126 e. The van der Waals surface area contributed by atoms with E-state index >= 15 is 0 Å². The molecule has 4 heteroatoms. The maximum atomic E-state index is 9.20. The average Bonchev–Trinajstić information content (AvgIpc) is 3.24. The Morgan fingerprint density at radius 1 is 1.40 bits per heavy atom. The van der Waals surface area contributed by atoms with Crippen molar-refractivity contribution in [1.82, 2.24) is 14.9 Å². The molecule has 1 saturated carbocycles. The summed E-state index contributed by atoms with van der Waals surface area (Å²) in [6, 6.07) is 8.84. The van der Waals surface area contributed by atoms with Gasteiger partial charge >= 0.3 is 0 Å². The zero-order chi connectivity index (χ0) is 14.1. The molecule has 2 N–H and O–H groups in total. The number of rotatable bonds is 6. The lowest BCUT2D eigenvalue weighted by atomic mass is 10.1. The Labute approximate surface area is 119 Å². The van der Waals surface area contributed by atoms with Crippen LogP contribution >= 0.6 is 0 Å². The minimum Gasteiger partial charge on any atom is -0.396 e. The summed E-state index contributed by atoms with van der Waals surface area (Å²) < 4.78 is 2.16. The molecule has 1 heterocycles. The van der Waals surface area contributed by atoms with Gasteiger partial charge in [-0.3, -0.25) is 0 Å². The van der Waals surface area contributed by atoms with Gasteiger partial charge in [-0.25, -0.2) is 4.98 Å². The van der Waals surface area contributed by atoms with Crippen LogP contribution in [-0.4, -0.2) is 27.3 Å². The Morgan fingerprint density at radius 3 is 2.80 bits per heavy atom. The van der Waals surface area contributed by atoms with Crippen molar-refractivity contribution >= 4 is 11.0 Å². The van der Waals surface area contributed by atoms with Gasteiger partial charge in [-0.15, -0.1) is 0 Å². The first kappa shape index (κ1) is 13.6. The minimum atomic E-state index is 0.199. The first-order valence-corrected chi connectivity index (χ1v) is 7.49. The molecule has 0 saturated heterocycles. The number of nitrogens with one attached hydrogen (secondary N) is 1. The molecule has 20 heavy (non-hydrogen) atoms. The van der Waals surface area contributed by atoms with E-state index in [0.29, 0.717) is 6.04 Å². The van der Waals surface area contributed by atoms with Crippen molar-refractivity contribution in [2.24, 2.45) is 13.0 Å². The van der Waals surface area contributed by atoms with E-state index in [1.807, 2.05) is 12.1 Å². The number of aromatic nitrogens is 2. The van der Waals surface area contributed by atoms with Crippen LogP contribution in [0.3, 0.4) is 0 Å². The lowest BCUT2D eigenvalue weighted by Gasteiger charge is -2.22. The zero-order valence-corrected chi connectivity index (χ0v) is 12.2. The predicted molar refractivity (Wildman–Crippen MR) is 80.5 cm³/mol. The summed E-state index contributed by atoms with van der Waals surface area (Å²) in [6.45, 7) is 2.41. The standard InChI is InChI=1S/C16H23N3O/c1-11(17-13(9-10-20)12-7-8-12)16-18-14-5-3-4-6-15(14)19(16)2/h3-6,11-13,17,20H,7-10H2,1-2H3. The number of hydrogen-bond donors (Lipinski definition) is 2. The van der Waals surface area contributed by atoms with Crippen LogP contribution in [0.4, 0.5) is 0 Å². The van der Waals surface area contributed by atoms with Crippen molar-refractivity contribution in [1.29, 1.82) is 0 Å². The maximum absolute atomic E-state index is 9.20. The molecule has 2 atom stereocenters. The minimum absolute atomic E-state index is 0.199. The second-order valence-electron chi connectivity index (χ2n) is 5.86. The van der Waals surface area contributed by atoms with Gasteiger partial charge in [0.25, 0.3) is 0 Å². The van der Waals surface area contributed by atoms with Crippen LogP contribution < -0.4 is 5.32 Å². The number of hydrogen-bond acceptors (Lipinski definition) is 3. The number of imidazole rings is 1. The fourth-order valence-electron chi connectivity index (χ4n) is 3.04. The first-order valence-electron chi connectivity index (χ1n) is 7.49. The van der Waals surface area contributed by atoms with Crippen LogP contribution in [0.2, 0.25) is 0 Å². The van der Waals surface area contributed by atoms with Gasteiger partial charge in [0.15, 0.2) is 0 Å². The lowest BCUT2D eigenvalue weighted by molar-refractivity contribution is 0.248. The Bertz CT molecular complexity index is 588. The maximum Gasteiger partial charge on any atom is 0.126 e. The molecule has 0 radical (unpaired) electrons. The summed E-state index contributed by atoms with van der Waals surface area (Å²) in [5, 5.41) is 12.9. The van der Waals surface area contributed by atoms with Crippen molar-refractivity contribution in [2.45, 2.75) is 38.3 Å². The SMILES string of the molecule is CC(NC(CCO)C1CC1)c1nc2ccccc2n1C. The van der Waals surface area contributed by atoms with Crippen LogP contribution in [0.15, 0.2) is 24.3 Å². The highest BCUT2D eigenvalue weighted by Crippen LogP contribution is 2.35. The number of para-hydroxylation sites is 2. The van der Waals surface area contributed by atoms with Gasteiger partial charge < -0.3 is 15.0 Å². The van der Waals surface area contributed by atoms with E-state index in [4.69, 9.17) is 4.98 Å². The summed E-state index contributed by atoms with van der Waals surface area (Å²) in [4.78, 5) is 4.74. The second kappa shape index (κ2) is 5.54. The van der Waals surface area contributed by atoms with E-state index in [1.165, 1.54) is 18.4 Å². The third-order valence-corrected chi connectivity index (χ3v) is 4.30.